The highest BCUT2D eigenvalue weighted by atomic mass is 35.5. The summed E-state index contributed by atoms with van der Waals surface area (Å²) < 4.78 is 10.7. The van der Waals surface area contributed by atoms with Crippen molar-refractivity contribution in [1.29, 1.82) is 0 Å². The fraction of sp³-hybridized carbons (Fsp3) is 0.455. The Kier molecular flexibility index (Phi) is 4.94. The first-order valence-corrected chi connectivity index (χ1v) is 5.08. The van der Waals surface area contributed by atoms with E-state index in [0.717, 1.165) is 10.6 Å². The second-order valence-corrected chi connectivity index (χ2v) is 3.40. The Morgan fingerprint density at radius 1 is 1.21 bits per heavy atom. The Morgan fingerprint density at radius 3 is 2.43 bits per heavy atom. The van der Waals surface area contributed by atoms with Crippen LogP contribution >= 0.6 is 11.6 Å². The SMILES string of the molecule is CCOC(C)OCc1ccc(Cl)cc1. The molecule has 0 bridgehead atoms. The van der Waals surface area contributed by atoms with Crippen LogP contribution in [0.1, 0.15) is 19.4 Å². The van der Waals surface area contributed by atoms with E-state index in [1.807, 2.05) is 38.1 Å². The van der Waals surface area contributed by atoms with Crippen LogP contribution in [0.5, 0.6) is 0 Å². The molecule has 0 N–H and O–H groups in total. The normalized spacial score (nSPS) is 12.8. The topological polar surface area (TPSA) is 18.5 Å². The van der Waals surface area contributed by atoms with Gasteiger partial charge >= 0.3 is 0 Å². The van der Waals surface area contributed by atoms with Crippen LogP contribution in [0.3, 0.4) is 0 Å². The van der Waals surface area contributed by atoms with Gasteiger partial charge in [0, 0.05) is 11.6 Å². The summed E-state index contributed by atoms with van der Waals surface area (Å²) in [7, 11) is 0. The van der Waals surface area contributed by atoms with E-state index in [0.29, 0.717) is 13.2 Å². The van der Waals surface area contributed by atoms with Gasteiger partial charge in [-0.3, -0.25) is 0 Å². The molecule has 0 aliphatic rings. The zero-order valence-corrected chi connectivity index (χ0v) is 9.25. The van der Waals surface area contributed by atoms with Crippen LogP contribution in [-0.2, 0) is 16.1 Å². The van der Waals surface area contributed by atoms with Gasteiger partial charge in [0.2, 0.25) is 0 Å². The van der Waals surface area contributed by atoms with Crippen molar-refractivity contribution >= 4 is 11.6 Å². The maximum Gasteiger partial charge on any atom is 0.155 e. The van der Waals surface area contributed by atoms with E-state index >= 15 is 0 Å². The molecule has 0 saturated heterocycles. The van der Waals surface area contributed by atoms with Gasteiger partial charge < -0.3 is 9.47 Å². The molecule has 0 fully saturated rings. The Hall–Kier alpha value is -0.570. The van der Waals surface area contributed by atoms with E-state index in [2.05, 4.69) is 0 Å². The number of hydrogen-bond donors (Lipinski definition) is 0. The first-order chi connectivity index (χ1) is 6.72. The van der Waals surface area contributed by atoms with Gasteiger partial charge in [-0.15, -0.1) is 0 Å². The maximum atomic E-state index is 5.76. The monoisotopic (exact) mass is 214 g/mol. The van der Waals surface area contributed by atoms with Crippen molar-refractivity contribution < 1.29 is 9.47 Å². The predicted molar refractivity (Wildman–Crippen MR) is 57.3 cm³/mol. The van der Waals surface area contributed by atoms with Gasteiger partial charge in [0.05, 0.1) is 6.61 Å². The second kappa shape index (κ2) is 6.02. The van der Waals surface area contributed by atoms with Gasteiger partial charge in [-0.05, 0) is 31.5 Å². The van der Waals surface area contributed by atoms with Crippen LogP contribution in [0.25, 0.3) is 0 Å². The Labute approximate surface area is 89.8 Å². The van der Waals surface area contributed by atoms with E-state index in [1.54, 1.807) is 0 Å². The van der Waals surface area contributed by atoms with Crippen molar-refractivity contribution in [3.63, 3.8) is 0 Å². The minimum Gasteiger partial charge on any atom is -0.353 e. The van der Waals surface area contributed by atoms with E-state index in [4.69, 9.17) is 21.1 Å². The predicted octanol–water partition coefficient (Wildman–Crippen LogP) is 3.24. The fourth-order valence-corrected chi connectivity index (χ4v) is 1.20. The summed E-state index contributed by atoms with van der Waals surface area (Å²) >= 11 is 5.76. The molecule has 0 aliphatic heterocycles. The lowest BCUT2D eigenvalue weighted by Gasteiger charge is -2.12. The molecule has 1 atom stereocenters. The number of rotatable bonds is 5. The molecular formula is C11H15ClO2. The van der Waals surface area contributed by atoms with E-state index in [-0.39, 0.29) is 6.29 Å². The smallest absolute Gasteiger partial charge is 0.155 e. The average Bonchev–Trinajstić information content (AvgIpc) is 2.17. The summed E-state index contributed by atoms with van der Waals surface area (Å²) in [4.78, 5) is 0. The van der Waals surface area contributed by atoms with Crippen molar-refractivity contribution in [2.75, 3.05) is 6.61 Å². The summed E-state index contributed by atoms with van der Waals surface area (Å²) in [6.07, 6.45) is -0.157. The van der Waals surface area contributed by atoms with Gasteiger partial charge in [-0.2, -0.15) is 0 Å². The lowest BCUT2D eigenvalue weighted by atomic mass is 10.2. The van der Waals surface area contributed by atoms with Crippen LogP contribution in [0.15, 0.2) is 24.3 Å². The van der Waals surface area contributed by atoms with Crippen molar-refractivity contribution in [3.05, 3.63) is 34.9 Å². The minimum absolute atomic E-state index is 0.157. The molecule has 14 heavy (non-hydrogen) atoms. The van der Waals surface area contributed by atoms with Crippen LogP contribution in [0.4, 0.5) is 0 Å². The summed E-state index contributed by atoms with van der Waals surface area (Å²) in [5.74, 6) is 0. The molecular weight excluding hydrogens is 200 g/mol. The average molecular weight is 215 g/mol. The highest BCUT2D eigenvalue weighted by Crippen LogP contribution is 2.11. The third-order valence-corrected chi connectivity index (χ3v) is 2.05. The Morgan fingerprint density at radius 2 is 1.86 bits per heavy atom. The maximum absolute atomic E-state index is 5.76. The van der Waals surface area contributed by atoms with E-state index in [1.165, 1.54) is 0 Å². The summed E-state index contributed by atoms with van der Waals surface area (Å²) in [5, 5.41) is 0.742. The molecule has 2 nitrogen and oxygen atoms in total. The van der Waals surface area contributed by atoms with E-state index in [9.17, 15) is 0 Å². The van der Waals surface area contributed by atoms with Crippen LogP contribution in [-0.4, -0.2) is 12.9 Å². The van der Waals surface area contributed by atoms with Gasteiger partial charge in [0.1, 0.15) is 0 Å². The van der Waals surface area contributed by atoms with E-state index < -0.39 is 0 Å². The van der Waals surface area contributed by atoms with Crippen LogP contribution in [0.2, 0.25) is 5.02 Å². The summed E-state index contributed by atoms with van der Waals surface area (Å²) in [6, 6.07) is 7.60. The van der Waals surface area contributed by atoms with Gasteiger partial charge in [-0.1, -0.05) is 23.7 Å². The standard InChI is InChI=1S/C11H15ClO2/c1-3-13-9(2)14-8-10-4-6-11(12)7-5-10/h4-7,9H,3,8H2,1-2H3. The van der Waals surface area contributed by atoms with Gasteiger partial charge in [0.15, 0.2) is 6.29 Å². The lowest BCUT2D eigenvalue weighted by Crippen LogP contribution is -2.12. The number of ether oxygens (including phenoxy) is 2. The number of halogens is 1. The largest absolute Gasteiger partial charge is 0.353 e. The van der Waals surface area contributed by atoms with Crippen molar-refractivity contribution in [1.82, 2.24) is 0 Å². The van der Waals surface area contributed by atoms with Crippen LogP contribution < -0.4 is 0 Å². The highest BCUT2D eigenvalue weighted by Gasteiger charge is 2.00. The minimum atomic E-state index is -0.157. The first kappa shape index (κ1) is 11.5. The molecule has 0 aromatic heterocycles. The number of hydrogen-bond acceptors (Lipinski definition) is 2. The molecule has 1 rings (SSSR count). The van der Waals surface area contributed by atoms with Gasteiger partial charge in [-0.25, -0.2) is 0 Å². The quantitative estimate of drug-likeness (QED) is 0.701. The fourth-order valence-electron chi connectivity index (χ4n) is 1.08. The molecule has 1 aromatic carbocycles. The molecule has 0 spiro atoms. The van der Waals surface area contributed by atoms with Crippen molar-refractivity contribution in [2.24, 2.45) is 0 Å². The molecule has 0 aliphatic carbocycles. The summed E-state index contributed by atoms with van der Waals surface area (Å²) in [5.41, 5.74) is 1.10. The molecule has 0 heterocycles. The molecule has 1 unspecified atom stereocenters. The molecule has 0 amide bonds. The number of benzene rings is 1. The zero-order valence-electron chi connectivity index (χ0n) is 8.50. The molecule has 0 saturated carbocycles. The third-order valence-electron chi connectivity index (χ3n) is 1.80. The summed E-state index contributed by atoms with van der Waals surface area (Å²) in [6.45, 7) is 5.06. The highest BCUT2D eigenvalue weighted by molar-refractivity contribution is 6.30. The molecule has 1 aromatic rings. The van der Waals surface area contributed by atoms with Crippen molar-refractivity contribution in [3.8, 4) is 0 Å². The van der Waals surface area contributed by atoms with Crippen molar-refractivity contribution in [2.45, 2.75) is 26.7 Å². The zero-order chi connectivity index (χ0) is 10.4. The third kappa shape index (κ3) is 4.09. The Balaban J connectivity index is 2.34. The molecule has 0 radical (unpaired) electrons. The lowest BCUT2D eigenvalue weighted by molar-refractivity contribution is -0.134. The molecule has 3 heteroatoms. The van der Waals surface area contributed by atoms with Crippen LogP contribution in [0, 0.1) is 0 Å². The van der Waals surface area contributed by atoms with Gasteiger partial charge in [0.25, 0.3) is 0 Å². The molecule has 78 valence electrons. The Bertz CT molecular complexity index is 258. The second-order valence-electron chi connectivity index (χ2n) is 2.96. The first-order valence-electron chi connectivity index (χ1n) is 4.70.